The molecule has 0 aromatic rings. The van der Waals surface area contributed by atoms with Crippen molar-refractivity contribution in [2.45, 2.75) is 556 Å². The molecule has 782 valence electrons. The second kappa shape index (κ2) is 46.8. The third-order valence-corrected chi connectivity index (χ3v) is 54.3. The molecule has 0 amide bonds. The average molecular weight is 1990 g/mol. The van der Waals surface area contributed by atoms with Crippen LogP contribution in [0.5, 0.6) is 0 Å². The van der Waals surface area contributed by atoms with Gasteiger partial charge < -0.3 is 80.0 Å². The van der Waals surface area contributed by atoms with Crippen LogP contribution in [0.1, 0.15) is 319 Å². The lowest BCUT2D eigenvalue weighted by Crippen LogP contribution is -2.64. The lowest BCUT2D eigenvalue weighted by atomic mass is 9.78. The number of fused-ring (bicyclic) bond motifs is 4. The molecule has 0 spiro atoms. The summed E-state index contributed by atoms with van der Waals surface area (Å²) in [7, 11) is -8.50. The van der Waals surface area contributed by atoms with E-state index in [4.69, 9.17) is 74.9 Å². The van der Waals surface area contributed by atoms with Gasteiger partial charge in [-0.05, 0) is 272 Å². The summed E-state index contributed by atoms with van der Waals surface area (Å²) in [5.74, 6) is 1.27. The highest BCUT2D eigenvalue weighted by atomic mass is 28.4. The number of carbonyl (C=O) groups is 4. The largest absolute Gasteiger partial charge is 0.411 e. The van der Waals surface area contributed by atoms with Crippen molar-refractivity contribution in [3.8, 4) is 0 Å². The number of aliphatic hydroxyl groups excluding tert-OH is 2. The Bertz CT molecular complexity index is 4110. The third kappa shape index (κ3) is 28.8. The SMILES string of the molecule is C=C1C[C@@H]2CCC(=O)/C=C/[C@H](O[Si](C)(C)C(C)(C)C)[C@@H]3OC4CC[C@H](CC(=O)C[C@@H]5[C@@H](C)[C@@H](C[C@H](O)CC)O[C@H]5C[C@H]5O[C@@H](CC[C@@H]1O2)C[C@@H](C)C5=C)O[C@@H]4[C@H](C)[C@@H]3O[Si](C)(C)C(C)(C)C.C=C1C[C@@H]2CCC(=O)/C=C/[C@H](O[Si](C)(C)C(C)(C)C)[C@@H]3OC4CC[C@H](CC(=O)C[C@@H]5[C@@H](C)[C@@H](C[C@H]6CCC(C)(C)O6)O[C@H]5C[C@H]5O[C@@H](CC[C@@H]1O2)C[C@@H](C)C5=C)O[C@@H]4[C@H](C)[C@@H]3O[Si](C)(C)C(C)(C)C.CO. The predicted molar refractivity (Wildman–Crippen MR) is 555 cm³/mol. The van der Waals surface area contributed by atoms with Gasteiger partial charge in [0.1, 0.15) is 23.8 Å². The monoisotopic (exact) mass is 1990 g/mol. The lowest BCUT2D eigenvalue weighted by Gasteiger charge is -2.54. The number of allylic oxidation sites excluding steroid dienone is 2. The Morgan fingerprint density at radius 2 is 0.766 bits per heavy atom. The summed E-state index contributed by atoms with van der Waals surface area (Å²) in [4.78, 5) is 56.7. The van der Waals surface area contributed by atoms with Gasteiger partial charge in [0.2, 0.25) is 0 Å². The van der Waals surface area contributed by atoms with Gasteiger partial charge in [-0.3, -0.25) is 19.2 Å². The zero-order valence-corrected chi connectivity index (χ0v) is 95.0. The van der Waals surface area contributed by atoms with Crippen LogP contribution in [0.2, 0.25) is 72.5 Å². The summed E-state index contributed by atoms with van der Waals surface area (Å²) >= 11 is 0. The molecule has 0 saturated carbocycles. The molecule has 21 nitrogen and oxygen atoms in total. The number of ketones is 4. The molecule has 0 radical (unpaired) electrons. The van der Waals surface area contributed by atoms with Gasteiger partial charge in [0, 0.05) is 76.7 Å². The molecule has 0 aliphatic carbocycles. The minimum Gasteiger partial charge on any atom is -0.411 e. The van der Waals surface area contributed by atoms with E-state index in [1.165, 1.54) is 0 Å². The van der Waals surface area contributed by atoms with Crippen LogP contribution < -0.4 is 0 Å². The molecule has 0 aromatic carbocycles. The van der Waals surface area contributed by atoms with E-state index in [-0.39, 0.29) is 218 Å². The van der Waals surface area contributed by atoms with E-state index in [1.807, 2.05) is 19.1 Å². The zero-order valence-electron chi connectivity index (χ0n) is 91.0. The van der Waals surface area contributed by atoms with Crippen molar-refractivity contribution in [3.63, 3.8) is 0 Å². The van der Waals surface area contributed by atoms with Crippen LogP contribution in [-0.4, -0.2) is 238 Å². The Balaban J connectivity index is 0.000000259. The van der Waals surface area contributed by atoms with Gasteiger partial charge in [0.05, 0.1) is 152 Å². The fourth-order valence-electron chi connectivity index (χ4n) is 23.1. The smallest absolute Gasteiger partial charge is 0.193 e. The van der Waals surface area contributed by atoms with Crippen LogP contribution in [0.3, 0.4) is 0 Å². The average Bonchev–Trinajstić information content (AvgIpc) is 1.63. The van der Waals surface area contributed by atoms with Gasteiger partial charge in [-0.1, -0.05) is 170 Å². The highest BCUT2D eigenvalue weighted by molar-refractivity contribution is 6.75. The molecule has 0 aromatic heterocycles. The summed E-state index contributed by atoms with van der Waals surface area (Å²) in [6.07, 6.45) is 20.6. The van der Waals surface area contributed by atoms with Crippen LogP contribution in [0.4, 0.5) is 0 Å². The molecule has 11 fully saturated rings. The topological polar surface area (TPSA) is 247 Å². The Morgan fingerprint density at radius 3 is 1.14 bits per heavy atom. The molecule has 34 atom stereocenters. The first-order valence-electron chi connectivity index (χ1n) is 53.9. The van der Waals surface area contributed by atoms with E-state index in [0.29, 0.717) is 89.4 Å². The molecule has 17 aliphatic heterocycles. The van der Waals surface area contributed by atoms with Crippen LogP contribution in [0.25, 0.3) is 0 Å². The van der Waals surface area contributed by atoms with E-state index in [1.54, 1.807) is 12.2 Å². The zero-order chi connectivity index (χ0) is 101. The fourth-order valence-corrected chi connectivity index (χ4v) is 28.4. The van der Waals surface area contributed by atoms with Crippen molar-refractivity contribution in [1.82, 2.24) is 0 Å². The number of ether oxygens (including phenoxy) is 11. The maximum atomic E-state index is 14.6. The normalized spacial score (nSPS) is 40.5. The molecule has 2 unspecified atom stereocenters. The Hall–Kier alpha value is -2.69. The van der Waals surface area contributed by atoms with Crippen molar-refractivity contribution in [2.75, 3.05) is 7.11 Å². The Kier molecular flexibility index (Phi) is 39.1. The van der Waals surface area contributed by atoms with E-state index < -0.39 is 63.8 Å². The highest BCUT2D eigenvalue weighted by Gasteiger charge is 2.59. The van der Waals surface area contributed by atoms with E-state index in [2.05, 4.69) is 217 Å². The molecule has 25 heteroatoms. The van der Waals surface area contributed by atoms with E-state index in [0.717, 1.165) is 119 Å². The van der Waals surface area contributed by atoms with Gasteiger partial charge >= 0.3 is 0 Å². The van der Waals surface area contributed by atoms with Crippen molar-refractivity contribution in [2.24, 2.45) is 47.3 Å². The lowest BCUT2D eigenvalue weighted by molar-refractivity contribution is -0.251. The van der Waals surface area contributed by atoms with Crippen molar-refractivity contribution < 1.29 is 99.2 Å². The maximum absolute atomic E-state index is 14.6. The summed E-state index contributed by atoms with van der Waals surface area (Å²) in [6, 6.07) is 0. The van der Waals surface area contributed by atoms with Gasteiger partial charge in [-0.15, -0.1) is 0 Å². The number of hydrogen-bond acceptors (Lipinski definition) is 21. The number of hydrogen-bond donors (Lipinski definition) is 2. The highest BCUT2D eigenvalue weighted by Crippen LogP contribution is 2.53. The van der Waals surface area contributed by atoms with Crippen LogP contribution >= 0.6 is 0 Å². The molecular weight excluding hydrogens is 1790 g/mol. The maximum Gasteiger partial charge on any atom is 0.193 e. The summed E-state index contributed by atoms with van der Waals surface area (Å²) in [5.41, 5.74) is 4.27. The summed E-state index contributed by atoms with van der Waals surface area (Å²) in [5, 5.41) is 17.5. The number of rotatable bonds is 13. The second-order valence-corrected chi connectivity index (χ2v) is 70.4. The molecule has 16 bridgehead atoms. The van der Waals surface area contributed by atoms with Crippen LogP contribution in [-0.2, 0) is 89.0 Å². The van der Waals surface area contributed by atoms with Gasteiger partial charge in [-0.25, -0.2) is 0 Å². The minimum atomic E-state index is -2.38. The number of Topliss-reactive ketones (excluding diaryl/α,β-unsaturated/α-hetero) is 2. The number of carbonyl (C=O) groups excluding carboxylic acids is 4. The van der Waals surface area contributed by atoms with Gasteiger partial charge in [0.15, 0.2) is 44.8 Å². The van der Waals surface area contributed by atoms with Crippen molar-refractivity contribution in [3.05, 3.63) is 72.9 Å². The standard InChI is InChI=1S/C57H96O10Si2.C54H92O10Si2.CH4O/c1-34-28-42-21-24-46-35(2)29-41(60-46)20-18-39(58)19-23-48(66-68(14,15)55(6,7)8)54-53(67-69(16,17)56(9,10)11)38(5)52-47(64-54)25-22-43(62-52)30-40(59)31-45-37(4)49(32-44-26-27-57(12,13)65-44)63-51(45)33-50(61-42)36(34)3;1-17-37(55)30-47-35(5)43-29-39(57)28-42-22-25-45-50(60-42)36(6)51(64-66(15,16)54(10,11)12)52(62-45)46(63-65(13,14)53(7,8)9)23-19-38(56)18-20-40-27-33(3)44(58-40)24-21-41-26-32(2)34(4)48(59-41)31-49(43)61-47;1-2/h19,23,34,37-38,41-54H,2-3,18,20-22,24-33H2,1,4-17H3;19,23,32,35-37,40-52,55H,3-4,17-18,20-22,24-31H2,1-2,5-16H3;2H,1H3/b2*23-19+;/t34-,37-,38+,41+,42+,43-,44-,45-,46+,47?,48+,49-,50-,51+,52-,53+,54+;32-,35-,36+,37-,40+,41+,42-,43-,44+,45?,46+,47-,48-,49+,50-,51+,52+;/m11./s1. The molecule has 17 heterocycles. The quantitative estimate of drug-likeness (QED) is 0.128. The fraction of sp³-hybridized carbons (Fsp3) is 0.857. The second-order valence-electron chi connectivity index (χ2n) is 51.4. The Labute approximate surface area is 833 Å². The van der Waals surface area contributed by atoms with Crippen molar-refractivity contribution in [1.29, 1.82) is 0 Å². The molecule has 137 heavy (non-hydrogen) atoms. The molecule has 17 rings (SSSR count). The van der Waals surface area contributed by atoms with Gasteiger partial charge in [0.25, 0.3) is 0 Å². The van der Waals surface area contributed by atoms with Crippen LogP contribution in [0, 0.1) is 47.3 Å². The first kappa shape index (κ1) is 115. The molecular formula is C112H192O21Si4. The van der Waals surface area contributed by atoms with Gasteiger partial charge in [-0.2, -0.15) is 0 Å². The Morgan fingerprint density at radius 1 is 0.409 bits per heavy atom. The third-order valence-electron chi connectivity index (χ3n) is 36.4. The molecule has 11 saturated heterocycles. The summed E-state index contributed by atoms with van der Waals surface area (Å²) in [6.45, 7) is 83.1. The number of aliphatic hydroxyl groups is 2. The predicted octanol–water partition coefficient (Wildman–Crippen LogP) is 23.6. The molecule has 17 aliphatic rings. The van der Waals surface area contributed by atoms with Crippen molar-refractivity contribution >= 4 is 56.4 Å². The molecule has 2 N–H and O–H groups in total. The van der Waals surface area contributed by atoms with E-state index in [9.17, 15) is 24.3 Å². The summed E-state index contributed by atoms with van der Waals surface area (Å²) < 4.78 is 106. The van der Waals surface area contributed by atoms with Crippen LogP contribution in [0.15, 0.2) is 72.9 Å². The first-order chi connectivity index (χ1) is 63.7. The first-order valence-corrected chi connectivity index (χ1v) is 65.6. The van der Waals surface area contributed by atoms with E-state index >= 15 is 0 Å². The minimum absolute atomic E-state index is 0.00131.